The second kappa shape index (κ2) is 13.4. The molecule has 1 heterocycles. The Bertz CT molecular complexity index is 2930. The third-order valence-electron chi connectivity index (χ3n) is 10.5. The van der Waals surface area contributed by atoms with Gasteiger partial charge in [-0.3, -0.25) is 0 Å². The molecule has 0 aliphatic carbocycles. The first-order chi connectivity index (χ1) is 26.8. The van der Waals surface area contributed by atoms with Gasteiger partial charge in [0, 0.05) is 27.5 Å². The summed E-state index contributed by atoms with van der Waals surface area (Å²) >= 11 is 0. The van der Waals surface area contributed by atoms with Crippen molar-refractivity contribution in [3.63, 3.8) is 0 Å². The molecule has 0 radical (unpaired) electrons. The van der Waals surface area contributed by atoms with Gasteiger partial charge in [-0.1, -0.05) is 170 Å². The minimum atomic E-state index is 0.876. The molecule has 0 aliphatic rings. The van der Waals surface area contributed by atoms with Crippen molar-refractivity contribution < 1.29 is 4.42 Å². The highest BCUT2D eigenvalue weighted by Crippen LogP contribution is 2.50. The number of para-hydroxylation sites is 2. The average molecular weight is 690 g/mol. The molecule has 2 heteroatoms. The molecule has 10 rings (SSSR count). The summed E-state index contributed by atoms with van der Waals surface area (Å²) in [5.41, 5.74) is 14.2. The standard InChI is InChI=1S/C52H35NO/c1-4-17-36(18-5-1)41-31-32-49(45(33-41)38-21-8-3-9-22-38)53(47-28-14-12-25-42(47)37-19-6-2-7-20-37)48-29-15-13-26-43(48)44-27-16-30-50-52(44)46-34-39-23-10-11-24-40(39)35-51(46)54-50/h1-35H. The molecule has 10 aromatic rings. The molecule has 0 atom stereocenters. The van der Waals surface area contributed by atoms with Gasteiger partial charge in [0.1, 0.15) is 11.2 Å². The molecule has 0 fully saturated rings. The Kier molecular flexibility index (Phi) is 7.85. The lowest BCUT2D eigenvalue weighted by molar-refractivity contribution is 0.669. The predicted molar refractivity (Wildman–Crippen MR) is 228 cm³/mol. The average Bonchev–Trinajstić information content (AvgIpc) is 3.62. The Hall–Kier alpha value is -7.16. The largest absolute Gasteiger partial charge is 0.456 e. The van der Waals surface area contributed by atoms with E-state index in [0.29, 0.717) is 0 Å². The van der Waals surface area contributed by atoms with Crippen LogP contribution in [0.4, 0.5) is 17.1 Å². The number of benzene rings is 9. The van der Waals surface area contributed by atoms with Crippen molar-refractivity contribution in [2.75, 3.05) is 4.90 Å². The van der Waals surface area contributed by atoms with Crippen LogP contribution in [0.3, 0.4) is 0 Å². The molecule has 1 aromatic heterocycles. The Morgan fingerprint density at radius 2 is 0.815 bits per heavy atom. The zero-order chi connectivity index (χ0) is 35.8. The van der Waals surface area contributed by atoms with Crippen molar-refractivity contribution in [1.82, 2.24) is 0 Å². The van der Waals surface area contributed by atoms with Crippen LogP contribution in [-0.2, 0) is 0 Å². The van der Waals surface area contributed by atoms with Crippen LogP contribution in [0.2, 0.25) is 0 Å². The minimum absolute atomic E-state index is 0.876. The van der Waals surface area contributed by atoms with Crippen molar-refractivity contribution in [2.45, 2.75) is 0 Å². The van der Waals surface area contributed by atoms with Crippen molar-refractivity contribution in [3.8, 4) is 44.5 Å². The highest BCUT2D eigenvalue weighted by Gasteiger charge is 2.25. The monoisotopic (exact) mass is 689 g/mol. The van der Waals surface area contributed by atoms with E-state index in [9.17, 15) is 0 Å². The van der Waals surface area contributed by atoms with Gasteiger partial charge in [0.25, 0.3) is 0 Å². The first kappa shape index (κ1) is 31.6. The van der Waals surface area contributed by atoms with Crippen LogP contribution in [0, 0.1) is 0 Å². The van der Waals surface area contributed by atoms with Gasteiger partial charge in [0.15, 0.2) is 0 Å². The smallest absolute Gasteiger partial charge is 0.136 e. The zero-order valence-corrected chi connectivity index (χ0v) is 29.6. The third kappa shape index (κ3) is 5.53. The Morgan fingerprint density at radius 3 is 1.52 bits per heavy atom. The van der Waals surface area contributed by atoms with Gasteiger partial charge in [-0.2, -0.15) is 0 Å². The summed E-state index contributed by atoms with van der Waals surface area (Å²) in [7, 11) is 0. The molecule has 0 saturated heterocycles. The fourth-order valence-corrected chi connectivity index (χ4v) is 7.94. The van der Waals surface area contributed by atoms with E-state index in [1.54, 1.807) is 0 Å². The Labute approximate surface area is 314 Å². The second-order valence-corrected chi connectivity index (χ2v) is 13.7. The SMILES string of the molecule is c1ccc(-c2ccc(N(c3ccccc3-c3ccccc3)c3ccccc3-c3cccc4oc5cc6ccccc6cc5c34)c(-c3ccccc3)c2)cc1. The van der Waals surface area contributed by atoms with E-state index in [1.807, 2.05) is 0 Å². The van der Waals surface area contributed by atoms with Gasteiger partial charge >= 0.3 is 0 Å². The van der Waals surface area contributed by atoms with Gasteiger partial charge in [0.05, 0.1) is 17.1 Å². The molecule has 0 unspecified atom stereocenters. The van der Waals surface area contributed by atoms with Crippen LogP contribution in [0.15, 0.2) is 217 Å². The summed E-state index contributed by atoms with van der Waals surface area (Å²) in [6.45, 7) is 0. The lowest BCUT2D eigenvalue weighted by Gasteiger charge is -2.32. The topological polar surface area (TPSA) is 16.4 Å². The van der Waals surface area contributed by atoms with Crippen molar-refractivity contribution in [2.24, 2.45) is 0 Å². The molecule has 0 amide bonds. The van der Waals surface area contributed by atoms with Gasteiger partial charge in [0.2, 0.25) is 0 Å². The fourth-order valence-electron chi connectivity index (χ4n) is 7.94. The number of fused-ring (bicyclic) bond motifs is 4. The van der Waals surface area contributed by atoms with Gasteiger partial charge in [-0.25, -0.2) is 0 Å². The van der Waals surface area contributed by atoms with E-state index in [2.05, 4.69) is 217 Å². The maximum Gasteiger partial charge on any atom is 0.136 e. The molecule has 0 N–H and O–H groups in total. The molecule has 0 aliphatic heterocycles. The van der Waals surface area contributed by atoms with Crippen molar-refractivity contribution in [1.29, 1.82) is 0 Å². The van der Waals surface area contributed by atoms with Crippen LogP contribution in [0.25, 0.3) is 77.2 Å². The van der Waals surface area contributed by atoms with E-state index in [1.165, 1.54) is 21.9 Å². The molecule has 9 aromatic carbocycles. The Balaban J connectivity index is 1.28. The number of anilines is 3. The highest BCUT2D eigenvalue weighted by molar-refractivity contribution is 6.17. The van der Waals surface area contributed by atoms with E-state index < -0.39 is 0 Å². The number of nitrogens with zero attached hydrogens (tertiary/aromatic N) is 1. The van der Waals surface area contributed by atoms with E-state index >= 15 is 0 Å². The normalized spacial score (nSPS) is 11.3. The summed E-state index contributed by atoms with van der Waals surface area (Å²) in [5, 5.41) is 4.59. The second-order valence-electron chi connectivity index (χ2n) is 13.7. The molecular weight excluding hydrogens is 655 g/mol. The summed E-state index contributed by atoms with van der Waals surface area (Å²) < 4.78 is 6.59. The first-order valence-electron chi connectivity index (χ1n) is 18.4. The molecule has 2 nitrogen and oxygen atoms in total. The number of hydrogen-bond acceptors (Lipinski definition) is 2. The van der Waals surface area contributed by atoms with E-state index in [0.717, 1.165) is 72.4 Å². The Morgan fingerprint density at radius 1 is 0.296 bits per heavy atom. The molecular formula is C52H35NO. The summed E-state index contributed by atoms with van der Waals surface area (Å²) in [5.74, 6) is 0. The molecule has 0 bridgehead atoms. The zero-order valence-electron chi connectivity index (χ0n) is 29.6. The molecule has 254 valence electrons. The quantitative estimate of drug-likeness (QED) is 0.166. The summed E-state index contributed by atoms with van der Waals surface area (Å²) in [4.78, 5) is 2.46. The van der Waals surface area contributed by atoms with Crippen molar-refractivity contribution >= 4 is 49.8 Å². The van der Waals surface area contributed by atoms with Gasteiger partial charge < -0.3 is 9.32 Å². The molecule has 0 saturated carbocycles. The summed E-state index contributed by atoms with van der Waals surface area (Å²) in [6.07, 6.45) is 0. The lowest BCUT2D eigenvalue weighted by Crippen LogP contribution is -2.13. The fraction of sp³-hybridized carbons (Fsp3) is 0. The van der Waals surface area contributed by atoms with Gasteiger partial charge in [-0.15, -0.1) is 0 Å². The van der Waals surface area contributed by atoms with E-state index in [-0.39, 0.29) is 0 Å². The van der Waals surface area contributed by atoms with Crippen LogP contribution in [0.5, 0.6) is 0 Å². The molecule has 54 heavy (non-hydrogen) atoms. The maximum absolute atomic E-state index is 6.59. The predicted octanol–water partition coefficient (Wildman–Crippen LogP) is 14.9. The van der Waals surface area contributed by atoms with Crippen molar-refractivity contribution in [3.05, 3.63) is 212 Å². The third-order valence-corrected chi connectivity index (χ3v) is 10.5. The highest BCUT2D eigenvalue weighted by atomic mass is 16.3. The van der Waals surface area contributed by atoms with E-state index in [4.69, 9.17) is 4.42 Å². The number of rotatable bonds is 7. The van der Waals surface area contributed by atoms with Crippen LogP contribution in [-0.4, -0.2) is 0 Å². The van der Waals surface area contributed by atoms with Crippen LogP contribution in [0.1, 0.15) is 0 Å². The molecule has 0 spiro atoms. The van der Waals surface area contributed by atoms with Crippen LogP contribution >= 0.6 is 0 Å². The lowest BCUT2D eigenvalue weighted by atomic mass is 9.93. The number of hydrogen-bond donors (Lipinski definition) is 0. The minimum Gasteiger partial charge on any atom is -0.456 e. The van der Waals surface area contributed by atoms with Gasteiger partial charge in [-0.05, 0) is 81.1 Å². The maximum atomic E-state index is 6.59. The summed E-state index contributed by atoms with van der Waals surface area (Å²) in [6, 6.07) is 76.0. The first-order valence-corrected chi connectivity index (χ1v) is 18.4. The van der Waals surface area contributed by atoms with Crippen LogP contribution < -0.4 is 4.90 Å². The number of furan rings is 1.